The van der Waals surface area contributed by atoms with Gasteiger partial charge in [0.2, 0.25) is 0 Å². The molecule has 0 aliphatic carbocycles. The van der Waals surface area contributed by atoms with Crippen LogP contribution in [0, 0.1) is 0 Å². The summed E-state index contributed by atoms with van der Waals surface area (Å²) >= 11 is 0. The predicted octanol–water partition coefficient (Wildman–Crippen LogP) is 0.219. The van der Waals surface area contributed by atoms with Gasteiger partial charge < -0.3 is 15.2 Å². The van der Waals surface area contributed by atoms with Crippen molar-refractivity contribution < 1.29 is 14.3 Å². The van der Waals surface area contributed by atoms with E-state index in [1.807, 2.05) is 0 Å². The lowest BCUT2D eigenvalue weighted by Crippen LogP contribution is -2.37. The van der Waals surface area contributed by atoms with Gasteiger partial charge in [-0.25, -0.2) is 9.78 Å². The first-order valence-electron chi connectivity index (χ1n) is 4.27. The van der Waals surface area contributed by atoms with Crippen LogP contribution in [0.25, 0.3) is 0 Å². The van der Waals surface area contributed by atoms with Gasteiger partial charge in [0.1, 0.15) is 11.9 Å². The highest BCUT2D eigenvalue weighted by Crippen LogP contribution is 2.09. The summed E-state index contributed by atoms with van der Waals surface area (Å²) in [6.45, 7) is 0.933. The summed E-state index contributed by atoms with van der Waals surface area (Å²) in [5.41, 5.74) is 5.66. The van der Waals surface area contributed by atoms with Crippen LogP contribution in [0.5, 0.6) is 0 Å². The zero-order chi connectivity index (χ0) is 9.97. The Morgan fingerprint density at radius 2 is 2.36 bits per heavy atom. The van der Waals surface area contributed by atoms with E-state index in [2.05, 4.69) is 4.98 Å². The number of rotatable bonds is 2. The first-order chi connectivity index (χ1) is 6.75. The molecule has 74 valence electrons. The van der Waals surface area contributed by atoms with Crippen LogP contribution in [0.3, 0.4) is 0 Å². The molecular weight excluding hydrogens is 184 g/mol. The molecular formula is C9H10N2O3. The molecule has 0 spiro atoms. The van der Waals surface area contributed by atoms with Gasteiger partial charge in [0, 0.05) is 0 Å². The maximum Gasteiger partial charge on any atom is 0.357 e. The molecule has 1 aliphatic rings. The van der Waals surface area contributed by atoms with Gasteiger partial charge in [0.15, 0.2) is 5.69 Å². The van der Waals surface area contributed by atoms with Gasteiger partial charge in [-0.3, -0.25) is 0 Å². The first-order valence-corrected chi connectivity index (χ1v) is 4.27. The fourth-order valence-electron chi connectivity index (χ4n) is 1.06. The smallest absolute Gasteiger partial charge is 0.357 e. The molecule has 0 bridgehead atoms. The van der Waals surface area contributed by atoms with E-state index in [1.54, 1.807) is 18.2 Å². The lowest BCUT2D eigenvalue weighted by atomic mass is 10.3. The second-order valence-corrected chi connectivity index (χ2v) is 3.01. The molecule has 0 amide bonds. The number of aromatic nitrogens is 1. The van der Waals surface area contributed by atoms with Crippen LogP contribution < -0.4 is 5.73 Å². The van der Waals surface area contributed by atoms with E-state index in [1.165, 1.54) is 0 Å². The van der Waals surface area contributed by atoms with Crippen LogP contribution in [0.2, 0.25) is 0 Å². The number of anilines is 1. The molecule has 2 rings (SSSR count). The van der Waals surface area contributed by atoms with Crippen molar-refractivity contribution in [3.05, 3.63) is 23.9 Å². The second-order valence-electron chi connectivity index (χ2n) is 3.01. The third-order valence-electron chi connectivity index (χ3n) is 1.86. The van der Waals surface area contributed by atoms with E-state index in [4.69, 9.17) is 15.2 Å². The van der Waals surface area contributed by atoms with E-state index in [9.17, 15) is 4.79 Å². The van der Waals surface area contributed by atoms with Gasteiger partial charge in [-0.05, 0) is 12.1 Å². The lowest BCUT2D eigenvalue weighted by molar-refractivity contribution is -0.103. The van der Waals surface area contributed by atoms with Crippen LogP contribution in [0.4, 0.5) is 5.82 Å². The third-order valence-corrected chi connectivity index (χ3v) is 1.86. The molecule has 0 atom stereocenters. The number of nitrogen functional groups attached to an aromatic ring is 1. The van der Waals surface area contributed by atoms with E-state index in [0.717, 1.165) is 0 Å². The highest BCUT2D eigenvalue weighted by molar-refractivity contribution is 5.87. The van der Waals surface area contributed by atoms with Gasteiger partial charge in [0.05, 0.1) is 13.2 Å². The summed E-state index contributed by atoms with van der Waals surface area (Å²) in [7, 11) is 0. The molecule has 0 saturated carbocycles. The summed E-state index contributed by atoms with van der Waals surface area (Å²) < 4.78 is 9.92. The molecule has 5 heteroatoms. The number of carbonyl (C=O) groups is 1. The van der Waals surface area contributed by atoms with Crippen molar-refractivity contribution in [2.24, 2.45) is 0 Å². The number of pyridine rings is 1. The Bertz CT molecular complexity index is 350. The molecule has 1 aromatic rings. The zero-order valence-electron chi connectivity index (χ0n) is 7.47. The SMILES string of the molecule is Nc1cccc(C(=O)OC2COC2)n1. The first kappa shape index (κ1) is 8.96. The zero-order valence-corrected chi connectivity index (χ0v) is 7.47. The molecule has 1 saturated heterocycles. The molecule has 1 fully saturated rings. The van der Waals surface area contributed by atoms with Crippen LogP contribution in [0.15, 0.2) is 18.2 Å². The molecule has 5 nitrogen and oxygen atoms in total. The minimum absolute atomic E-state index is 0.134. The third kappa shape index (κ3) is 1.82. The molecule has 1 aliphatic heterocycles. The van der Waals surface area contributed by atoms with Crippen LogP contribution in [-0.2, 0) is 9.47 Å². The minimum atomic E-state index is -0.453. The maximum atomic E-state index is 11.4. The highest BCUT2D eigenvalue weighted by atomic mass is 16.6. The number of hydrogen-bond donors (Lipinski definition) is 1. The molecule has 0 aromatic carbocycles. The average Bonchev–Trinajstić information content (AvgIpc) is 2.11. The van der Waals surface area contributed by atoms with E-state index in [0.29, 0.717) is 19.0 Å². The number of esters is 1. The fourth-order valence-corrected chi connectivity index (χ4v) is 1.06. The quantitative estimate of drug-likeness (QED) is 0.681. The Labute approximate surface area is 80.8 Å². The normalized spacial score (nSPS) is 16.0. The van der Waals surface area contributed by atoms with E-state index in [-0.39, 0.29) is 11.8 Å². The summed E-state index contributed by atoms with van der Waals surface area (Å²) in [5, 5.41) is 0. The van der Waals surface area contributed by atoms with Gasteiger partial charge in [-0.1, -0.05) is 6.07 Å². The summed E-state index contributed by atoms with van der Waals surface area (Å²) in [4.78, 5) is 15.3. The average molecular weight is 194 g/mol. The molecule has 0 unspecified atom stereocenters. The molecule has 14 heavy (non-hydrogen) atoms. The summed E-state index contributed by atoms with van der Waals surface area (Å²) in [5.74, 6) is -0.144. The Balaban J connectivity index is 2.02. The predicted molar refractivity (Wildman–Crippen MR) is 48.7 cm³/mol. The topological polar surface area (TPSA) is 74.4 Å². The summed E-state index contributed by atoms with van der Waals surface area (Å²) in [6, 6.07) is 4.84. The number of carbonyl (C=O) groups excluding carboxylic acids is 1. The summed E-state index contributed by atoms with van der Waals surface area (Å²) in [6.07, 6.45) is -0.134. The van der Waals surface area contributed by atoms with Gasteiger partial charge >= 0.3 is 5.97 Å². The molecule has 2 N–H and O–H groups in total. The number of hydrogen-bond acceptors (Lipinski definition) is 5. The molecule has 0 radical (unpaired) electrons. The number of ether oxygens (including phenoxy) is 2. The fraction of sp³-hybridized carbons (Fsp3) is 0.333. The second kappa shape index (κ2) is 3.63. The Morgan fingerprint density at radius 1 is 1.57 bits per heavy atom. The van der Waals surface area contributed by atoms with Crippen molar-refractivity contribution >= 4 is 11.8 Å². The van der Waals surface area contributed by atoms with Gasteiger partial charge in [-0.2, -0.15) is 0 Å². The lowest BCUT2D eigenvalue weighted by Gasteiger charge is -2.25. The largest absolute Gasteiger partial charge is 0.453 e. The Morgan fingerprint density at radius 3 is 2.93 bits per heavy atom. The van der Waals surface area contributed by atoms with E-state index >= 15 is 0 Å². The van der Waals surface area contributed by atoms with Gasteiger partial charge in [-0.15, -0.1) is 0 Å². The number of nitrogens with zero attached hydrogens (tertiary/aromatic N) is 1. The van der Waals surface area contributed by atoms with Crippen LogP contribution in [0.1, 0.15) is 10.5 Å². The highest BCUT2D eigenvalue weighted by Gasteiger charge is 2.23. The van der Waals surface area contributed by atoms with Crippen molar-refractivity contribution in [3.8, 4) is 0 Å². The van der Waals surface area contributed by atoms with Crippen LogP contribution >= 0.6 is 0 Å². The maximum absolute atomic E-state index is 11.4. The van der Waals surface area contributed by atoms with Crippen molar-refractivity contribution in [2.45, 2.75) is 6.10 Å². The van der Waals surface area contributed by atoms with Crippen molar-refractivity contribution in [3.63, 3.8) is 0 Å². The Hall–Kier alpha value is -1.62. The standard InChI is InChI=1S/C9H10N2O3/c10-8-3-1-2-7(11-8)9(12)14-6-4-13-5-6/h1-3,6H,4-5H2,(H2,10,11). The molecule has 1 aromatic heterocycles. The number of nitrogens with two attached hydrogens (primary N) is 1. The monoisotopic (exact) mass is 194 g/mol. The van der Waals surface area contributed by atoms with E-state index < -0.39 is 5.97 Å². The van der Waals surface area contributed by atoms with Crippen LogP contribution in [-0.4, -0.2) is 30.3 Å². The Kier molecular flexibility index (Phi) is 2.32. The van der Waals surface area contributed by atoms with Crippen molar-refractivity contribution in [1.82, 2.24) is 4.98 Å². The van der Waals surface area contributed by atoms with Gasteiger partial charge in [0.25, 0.3) is 0 Å². The van der Waals surface area contributed by atoms with Crippen molar-refractivity contribution in [2.75, 3.05) is 18.9 Å². The van der Waals surface area contributed by atoms with Crippen molar-refractivity contribution in [1.29, 1.82) is 0 Å². The molecule has 2 heterocycles. The minimum Gasteiger partial charge on any atom is -0.453 e.